The fourth-order valence-electron chi connectivity index (χ4n) is 2.34. The standard InChI is InChI=1S/C19H17ClN4O2/c1-26-18-5-3-2-4-15(18)12-21-22-19(25)17-10-11-24(23-17)13-14-6-8-16(20)9-7-14/h2-12H,13H2,1H3,(H,22,25)/b21-12-. The van der Waals surface area contributed by atoms with Crippen molar-refractivity contribution >= 4 is 23.7 Å². The molecule has 0 saturated carbocycles. The number of benzene rings is 2. The van der Waals surface area contributed by atoms with Gasteiger partial charge < -0.3 is 4.74 Å². The van der Waals surface area contributed by atoms with Crippen LogP contribution in [-0.4, -0.2) is 29.0 Å². The molecule has 0 aliphatic rings. The van der Waals surface area contributed by atoms with E-state index in [1.54, 1.807) is 24.1 Å². The van der Waals surface area contributed by atoms with Crippen molar-refractivity contribution in [1.29, 1.82) is 0 Å². The molecule has 7 heteroatoms. The molecule has 3 aromatic rings. The summed E-state index contributed by atoms with van der Waals surface area (Å²) in [6.45, 7) is 0.551. The maximum absolute atomic E-state index is 12.2. The first-order valence-corrected chi connectivity index (χ1v) is 8.28. The molecule has 0 aliphatic carbocycles. The number of hydrogen-bond donors (Lipinski definition) is 1. The number of rotatable bonds is 6. The molecule has 26 heavy (non-hydrogen) atoms. The fourth-order valence-corrected chi connectivity index (χ4v) is 2.46. The summed E-state index contributed by atoms with van der Waals surface area (Å²) in [6.07, 6.45) is 3.27. The first-order valence-electron chi connectivity index (χ1n) is 7.90. The van der Waals surface area contributed by atoms with Crippen molar-refractivity contribution in [2.24, 2.45) is 5.10 Å². The van der Waals surface area contributed by atoms with Crippen LogP contribution >= 0.6 is 11.6 Å². The number of halogens is 1. The Morgan fingerprint density at radius 3 is 2.77 bits per heavy atom. The van der Waals surface area contributed by atoms with Gasteiger partial charge in [-0.1, -0.05) is 35.9 Å². The molecule has 0 aliphatic heterocycles. The number of para-hydroxylation sites is 1. The third kappa shape index (κ3) is 4.49. The lowest BCUT2D eigenvalue weighted by Gasteiger charge is -2.03. The van der Waals surface area contributed by atoms with Crippen LogP contribution in [0.2, 0.25) is 5.02 Å². The minimum atomic E-state index is -0.383. The van der Waals surface area contributed by atoms with E-state index in [1.807, 2.05) is 48.5 Å². The highest BCUT2D eigenvalue weighted by atomic mass is 35.5. The number of hydrazone groups is 1. The second kappa shape index (κ2) is 8.31. The maximum Gasteiger partial charge on any atom is 0.291 e. The lowest BCUT2D eigenvalue weighted by molar-refractivity contribution is 0.0949. The predicted molar refractivity (Wildman–Crippen MR) is 101 cm³/mol. The monoisotopic (exact) mass is 368 g/mol. The minimum Gasteiger partial charge on any atom is -0.496 e. The topological polar surface area (TPSA) is 68.5 Å². The zero-order chi connectivity index (χ0) is 18.4. The number of methoxy groups -OCH3 is 1. The van der Waals surface area contributed by atoms with Crippen LogP contribution in [0.4, 0.5) is 0 Å². The van der Waals surface area contributed by atoms with E-state index in [0.717, 1.165) is 11.1 Å². The summed E-state index contributed by atoms with van der Waals surface area (Å²) >= 11 is 5.88. The summed E-state index contributed by atoms with van der Waals surface area (Å²) in [7, 11) is 1.58. The average molecular weight is 369 g/mol. The van der Waals surface area contributed by atoms with Gasteiger partial charge in [-0.15, -0.1) is 0 Å². The molecule has 0 atom stereocenters. The summed E-state index contributed by atoms with van der Waals surface area (Å²) in [5.74, 6) is 0.295. The highest BCUT2D eigenvalue weighted by molar-refractivity contribution is 6.30. The van der Waals surface area contributed by atoms with Gasteiger partial charge in [-0.3, -0.25) is 9.48 Å². The third-order valence-electron chi connectivity index (χ3n) is 3.64. The molecule has 0 bridgehead atoms. The van der Waals surface area contributed by atoms with E-state index in [9.17, 15) is 4.79 Å². The lowest BCUT2D eigenvalue weighted by Crippen LogP contribution is -2.18. The molecule has 0 fully saturated rings. The molecule has 132 valence electrons. The summed E-state index contributed by atoms with van der Waals surface area (Å²) in [5.41, 5.74) is 4.56. The van der Waals surface area contributed by atoms with Crippen molar-refractivity contribution in [3.05, 3.63) is 82.6 Å². The van der Waals surface area contributed by atoms with E-state index in [2.05, 4.69) is 15.6 Å². The van der Waals surface area contributed by atoms with Crippen molar-refractivity contribution in [2.45, 2.75) is 6.54 Å². The average Bonchev–Trinajstić information content (AvgIpc) is 3.12. The molecular weight excluding hydrogens is 352 g/mol. The molecule has 0 saturated heterocycles. The van der Waals surface area contributed by atoms with Crippen molar-refractivity contribution in [3.8, 4) is 5.75 Å². The van der Waals surface area contributed by atoms with Gasteiger partial charge in [-0.25, -0.2) is 5.43 Å². The van der Waals surface area contributed by atoms with E-state index < -0.39 is 0 Å². The van der Waals surface area contributed by atoms with Gasteiger partial charge in [0.2, 0.25) is 0 Å². The van der Waals surface area contributed by atoms with Crippen LogP contribution in [0.5, 0.6) is 5.75 Å². The smallest absolute Gasteiger partial charge is 0.291 e. The van der Waals surface area contributed by atoms with Gasteiger partial charge in [-0.05, 0) is 35.9 Å². The number of ether oxygens (including phenoxy) is 1. The number of amides is 1. The van der Waals surface area contributed by atoms with Crippen LogP contribution in [0.1, 0.15) is 21.6 Å². The summed E-state index contributed by atoms with van der Waals surface area (Å²) in [5, 5.41) is 8.90. The summed E-state index contributed by atoms with van der Waals surface area (Å²) in [4.78, 5) is 12.2. The zero-order valence-corrected chi connectivity index (χ0v) is 14.8. The third-order valence-corrected chi connectivity index (χ3v) is 3.89. The highest BCUT2D eigenvalue weighted by Gasteiger charge is 2.09. The second-order valence-corrected chi connectivity index (χ2v) is 5.90. The minimum absolute atomic E-state index is 0.288. The Balaban J connectivity index is 1.61. The number of hydrogen-bond acceptors (Lipinski definition) is 4. The molecule has 1 heterocycles. The van der Waals surface area contributed by atoms with Crippen LogP contribution in [0.25, 0.3) is 0 Å². The Labute approximate surface area is 156 Å². The van der Waals surface area contributed by atoms with Crippen LogP contribution in [0, 0.1) is 0 Å². The molecule has 0 spiro atoms. The number of carbonyl (C=O) groups is 1. The van der Waals surface area contributed by atoms with Gasteiger partial charge in [-0.2, -0.15) is 10.2 Å². The molecule has 3 rings (SSSR count). The zero-order valence-electron chi connectivity index (χ0n) is 14.1. The molecule has 0 radical (unpaired) electrons. The van der Waals surface area contributed by atoms with E-state index in [-0.39, 0.29) is 11.6 Å². The quantitative estimate of drug-likeness (QED) is 0.536. The van der Waals surface area contributed by atoms with Gasteiger partial charge >= 0.3 is 0 Å². The number of nitrogens with zero attached hydrogens (tertiary/aromatic N) is 3. The second-order valence-electron chi connectivity index (χ2n) is 5.47. The molecular formula is C19H17ClN4O2. The Morgan fingerprint density at radius 2 is 2.00 bits per heavy atom. The molecule has 6 nitrogen and oxygen atoms in total. The van der Waals surface area contributed by atoms with E-state index in [1.165, 1.54) is 6.21 Å². The Hall–Kier alpha value is -3.12. The van der Waals surface area contributed by atoms with E-state index in [0.29, 0.717) is 17.3 Å². The maximum atomic E-state index is 12.2. The first-order chi connectivity index (χ1) is 12.7. The number of carbonyl (C=O) groups excluding carboxylic acids is 1. The summed E-state index contributed by atoms with van der Waals surface area (Å²) < 4.78 is 6.91. The number of nitrogens with one attached hydrogen (secondary N) is 1. The van der Waals surface area contributed by atoms with Gasteiger partial charge in [0.15, 0.2) is 5.69 Å². The Kier molecular flexibility index (Phi) is 5.66. The van der Waals surface area contributed by atoms with Crippen LogP contribution in [0.15, 0.2) is 65.9 Å². The fraction of sp³-hybridized carbons (Fsp3) is 0.105. The van der Waals surface area contributed by atoms with Crippen LogP contribution in [-0.2, 0) is 6.54 Å². The first kappa shape index (κ1) is 17.7. The van der Waals surface area contributed by atoms with Gasteiger partial charge in [0.1, 0.15) is 5.75 Å². The Morgan fingerprint density at radius 1 is 1.23 bits per heavy atom. The normalized spacial score (nSPS) is 10.8. The molecule has 1 N–H and O–H groups in total. The van der Waals surface area contributed by atoms with Gasteiger partial charge in [0, 0.05) is 16.8 Å². The Bertz CT molecular complexity index is 919. The van der Waals surface area contributed by atoms with Crippen molar-refractivity contribution in [1.82, 2.24) is 15.2 Å². The van der Waals surface area contributed by atoms with Crippen LogP contribution < -0.4 is 10.2 Å². The van der Waals surface area contributed by atoms with E-state index in [4.69, 9.17) is 16.3 Å². The molecule has 1 amide bonds. The number of aromatic nitrogens is 2. The molecule has 1 aromatic heterocycles. The van der Waals surface area contributed by atoms with Crippen molar-refractivity contribution in [2.75, 3.05) is 7.11 Å². The van der Waals surface area contributed by atoms with Crippen molar-refractivity contribution in [3.63, 3.8) is 0 Å². The van der Waals surface area contributed by atoms with Crippen LogP contribution in [0.3, 0.4) is 0 Å². The summed E-state index contributed by atoms with van der Waals surface area (Å²) in [6, 6.07) is 16.5. The van der Waals surface area contributed by atoms with Gasteiger partial charge in [0.25, 0.3) is 5.91 Å². The largest absolute Gasteiger partial charge is 0.496 e. The van der Waals surface area contributed by atoms with Crippen molar-refractivity contribution < 1.29 is 9.53 Å². The molecule has 2 aromatic carbocycles. The van der Waals surface area contributed by atoms with E-state index >= 15 is 0 Å². The lowest BCUT2D eigenvalue weighted by atomic mass is 10.2. The predicted octanol–water partition coefficient (Wildman–Crippen LogP) is 3.36. The molecule has 0 unspecified atom stereocenters. The van der Waals surface area contributed by atoms with Gasteiger partial charge in [0.05, 0.1) is 19.9 Å². The SMILES string of the molecule is COc1ccccc1/C=N\NC(=O)c1ccn(Cc2ccc(Cl)cc2)n1. The highest BCUT2D eigenvalue weighted by Crippen LogP contribution is 2.14.